The smallest absolute Gasteiger partial charge is 0.396 e. The lowest BCUT2D eigenvalue weighted by atomic mass is 10.2. The summed E-state index contributed by atoms with van der Waals surface area (Å²) in [7, 11) is 0. The Morgan fingerprint density at radius 2 is 2.18 bits per heavy atom. The Morgan fingerprint density at radius 1 is 1.36 bits per heavy atom. The summed E-state index contributed by atoms with van der Waals surface area (Å²) < 4.78 is 40.5. The lowest BCUT2D eigenvalue weighted by Gasteiger charge is -2.13. The van der Waals surface area contributed by atoms with E-state index < -0.39 is 11.7 Å². The van der Waals surface area contributed by atoms with Gasteiger partial charge in [0.1, 0.15) is 5.82 Å². The molecule has 1 atom stereocenters. The Bertz CT molecular complexity index is 660. The number of aliphatic hydroxyl groups is 1. The zero-order valence-electron chi connectivity index (χ0n) is 12.0. The number of halogens is 3. The molecule has 0 bridgehead atoms. The highest BCUT2D eigenvalue weighted by Gasteiger charge is 2.31. The average Bonchev–Trinajstić information content (AvgIpc) is 3.10. The van der Waals surface area contributed by atoms with Crippen LogP contribution in [0.2, 0.25) is 0 Å². The molecule has 2 N–H and O–H groups in total. The summed E-state index contributed by atoms with van der Waals surface area (Å²) >= 11 is 0. The minimum Gasteiger partial charge on any atom is -0.396 e. The van der Waals surface area contributed by atoms with Gasteiger partial charge in [0.25, 0.3) is 0 Å². The second-order valence-corrected chi connectivity index (χ2v) is 5.55. The fraction of sp³-hybridized carbons (Fsp3) is 0.533. The minimum absolute atomic E-state index is 0.0395. The first-order valence-corrected chi connectivity index (χ1v) is 7.42. The number of hydrogen-bond donors (Lipinski definition) is 2. The van der Waals surface area contributed by atoms with Crippen molar-refractivity contribution in [1.29, 1.82) is 0 Å². The highest BCUT2D eigenvalue weighted by molar-refractivity contribution is 5.77. The Morgan fingerprint density at radius 3 is 2.82 bits per heavy atom. The van der Waals surface area contributed by atoms with Gasteiger partial charge in [-0.3, -0.25) is 0 Å². The average molecular weight is 313 g/mol. The molecule has 4 nitrogen and oxygen atoms in total. The number of aryl methyl sites for hydroxylation is 1. The molecule has 1 aromatic heterocycles. The molecular formula is C15H18F3N3O. The third kappa shape index (κ3) is 2.83. The maximum Gasteiger partial charge on any atom is 0.416 e. The van der Waals surface area contributed by atoms with Gasteiger partial charge in [0.05, 0.1) is 22.6 Å². The van der Waals surface area contributed by atoms with Crippen molar-refractivity contribution in [2.75, 3.05) is 13.2 Å². The van der Waals surface area contributed by atoms with Crippen LogP contribution in [0.3, 0.4) is 0 Å². The molecule has 0 amide bonds. The monoisotopic (exact) mass is 313 g/mol. The summed E-state index contributed by atoms with van der Waals surface area (Å²) in [5.41, 5.74) is 0.361. The Kier molecular flexibility index (Phi) is 4.10. The molecule has 0 spiro atoms. The van der Waals surface area contributed by atoms with E-state index in [9.17, 15) is 13.2 Å². The van der Waals surface area contributed by atoms with Gasteiger partial charge >= 0.3 is 6.18 Å². The molecule has 0 radical (unpaired) electrons. The van der Waals surface area contributed by atoms with Crippen LogP contribution in [0.1, 0.15) is 36.7 Å². The number of alkyl halides is 3. The fourth-order valence-electron chi connectivity index (χ4n) is 2.96. The van der Waals surface area contributed by atoms with E-state index in [-0.39, 0.29) is 12.6 Å². The van der Waals surface area contributed by atoms with Crippen molar-refractivity contribution in [2.24, 2.45) is 0 Å². The quantitative estimate of drug-likeness (QED) is 0.912. The number of aromatic nitrogens is 2. The van der Waals surface area contributed by atoms with Gasteiger partial charge in [-0.15, -0.1) is 0 Å². The molecule has 0 aliphatic carbocycles. The molecule has 7 heteroatoms. The van der Waals surface area contributed by atoms with Gasteiger partial charge in [0.15, 0.2) is 0 Å². The van der Waals surface area contributed by atoms with E-state index >= 15 is 0 Å². The van der Waals surface area contributed by atoms with Crippen LogP contribution in [-0.4, -0.2) is 27.8 Å². The molecule has 1 aromatic carbocycles. The van der Waals surface area contributed by atoms with E-state index in [0.29, 0.717) is 24.0 Å². The molecular weight excluding hydrogens is 295 g/mol. The Hall–Kier alpha value is -1.60. The van der Waals surface area contributed by atoms with Gasteiger partial charge in [0.2, 0.25) is 0 Å². The number of benzene rings is 1. The van der Waals surface area contributed by atoms with E-state index in [4.69, 9.17) is 5.11 Å². The van der Waals surface area contributed by atoms with Crippen molar-refractivity contribution in [3.8, 4) is 0 Å². The van der Waals surface area contributed by atoms with Crippen molar-refractivity contribution in [1.82, 2.24) is 14.9 Å². The zero-order chi connectivity index (χ0) is 15.7. The zero-order valence-corrected chi connectivity index (χ0v) is 12.0. The molecule has 1 aliphatic rings. The van der Waals surface area contributed by atoms with Crippen molar-refractivity contribution in [3.63, 3.8) is 0 Å². The van der Waals surface area contributed by atoms with E-state index in [0.717, 1.165) is 37.3 Å². The standard InChI is InChI=1S/C15H18F3N3O/c16-15(17,18)10-4-5-13-12(9-10)20-14(11-3-1-6-19-11)21(13)7-2-8-22/h4-5,9,11,19,22H,1-3,6-8H2. The van der Waals surface area contributed by atoms with Crippen LogP contribution in [0, 0.1) is 0 Å². The van der Waals surface area contributed by atoms with Crippen LogP contribution in [0.25, 0.3) is 11.0 Å². The molecule has 3 rings (SSSR count). The maximum atomic E-state index is 12.8. The van der Waals surface area contributed by atoms with E-state index in [2.05, 4.69) is 10.3 Å². The summed E-state index contributed by atoms with van der Waals surface area (Å²) in [6, 6.07) is 3.73. The normalized spacial score (nSPS) is 19.2. The third-order valence-corrected chi connectivity index (χ3v) is 4.02. The maximum absolute atomic E-state index is 12.8. The van der Waals surface area contributed by atoms with Crippen LogP contribution < -0.4 is 5.32 Å². The Labute approximate surface area is 126 Å². The third-order valence-electron chi connectivity index (χ3n) is 4.02. The van der Waals surface area contributed by atoms with E-state index in [1.54, 1.807) is 0 Å². The van der Waals surface area contributed by atoms with E-state index in [1.807, 2.05) is 4.57 Å². The number of imidazole rings is 1. The second kappa shape index (κ2) is 5.89. The predicted molar refractivity (Wildman–Crippen MR) is 76.4 cm³/mol. The van der Waals surface area contributed by atoms with Crippen molar-refractivity contribution in [2.45, 2.75) is 38.0 Å². The molecule has 2 aromatic rings. The summed E-state index contributed by atoms with van der Waals surface area (Å²) in [6.07, 6.45) is -1.86. The van der Waals surface area contributed by atoms with Gasteiger partial charge in [-0.1, -0.05) is 0 Å². The number of nitrogens with zero attached hydrogens (tertiary/aromatic N) is 2. The molecule has 0 saturated carbocycles. The minimum atomic E-state index is -4.37. The summed E-state index contributed by atoms with van der Waals surface area (Å²) in [4.78, 5) is 4.44. The topological polar surface area (TPSA) is 50.1 Å². The molecule has 22 heavy (non-hydrogen) atoms. The van der Waals surface area contributed by atoms with Gasteiger partial charge in [-0.25, -0.2) is 4.98 Å². The molecule has 1 fully saturated rings. The highest BCUT2D eigenvalue weighted by atomic mass is 19.4. The summed E-state index contributed by atoms with van der Waals surface area (Å²) in [5, 5.41) is 12.4. The summed E-state index contributed by atoms with van der Waals surface area (Å²) in [6.45, 7) is 1.48. The largest absolute Gasteiger partial charge is 0.416 e. The van der Waals surface area contributed by atoms with Gasteiger partial charge in [-0.2, -0.15) is 13.2 Å². The first-order valence-electron chi connectivity index (χ1n) is 7.42. The highest BCUT2D eigenvalue weighted by Crippen LogP contribution is 2.33. The van der Waals surface area contributed by atoms with Crippen LogP contribution in [0.4, 0.5) is 13.2 Å². The van der Waals surface area contributed by atoms with Gasteiger partial charge in [0, 0.05) is 13.2 Å². The van der Waals surface area contributed by atoms with Gasteiger partial charge < -0.3 is 15.0 Å². The Balaban J connectivity index is 2.07. The lowest BCUT2D eigenvalue weighted by molar-refractivity contribution is -0.137. The first-order chi connectivity index (χ1) is 10.5. The predicted octanol–water partition coefficient (Wildman–Crippen LogP) is 2.86. The first kappa shape index (κ1) is 15.3. The fourth-order valence-corrected chi connectivity index (χ4v) is 2.96. The second-order valence-electron chi connectivity index (χ2n) is 5.55. The SMILES string of the molecule is OCCCn1c(C2CCCN2)nc2cc(C(F)(F)F)ccc21. The molecule has 1 unspecified atom stereocenters. The van der Waals surface area contributed by atoms with Gasteiger partial charge in [-0.05, 0) is 44.0 Å². The van der Waals surface area contributed by atoms with E-state index in [1.165, 1.54) is 6.07 Å². The van der Waals surface area contributed by atoms with Crippen LogP contribution >= 0.6 is 0 Å². The molecule has 1 saturated heterocycles. The number of nitrogens with one attached hydrogen (secondary N) is 1. The molecule has 2 heterocycles. The van der Waals surface area contributed by atoms with Crippen LogP contribution in [0.15, 0.2) is 18.2 Å². The lowest BCUT2D eigenvalue weighted by Crippen LogP contribution is -2.18. The van der Waals surface area contributed by atoms with Crippen LogP contribution in [0.5, 0.6) is 0 Å². The summed E-state index contributed by atoms with van der Waals surface area (Å²) in [5.74, 6) is 0.764. The van der Waals surface area contributed by atoms with Crippen molar-refractivity contribution < 1.29 is 18.3 Å². The van der Waals surface area contributed by atoms with Crippen molar-refractivity contribution >= 4 is 11.0 Å². The number of aliphatic hydroxyl groups excluding tert-OH is 1. The number of fused-ring (bicyclic) bond motifs is 1. The molecule has 1 aliphatic heterocycles. The van der Waals surface area contributed by atoms with Crippen molar-refractivity contribution in [3.05, 3.63) is 29.6 Å². The van der Waals surface area contributed by atoms with Crippen LogP contribution in [-0.2, 0) is 12.7 Å². The molecule has 120 valence electrons. The number of hydrogen-bond acceptors (Lipinski definition) is 3. The number of rotatable bonds is 4.